The maximum Gasteiger partial charge on any atom is 0.141 e. The van der Waals surface area contributed by atoms with Gasteiger partial charge in [0.15, 0.2) is 0 Å². The summed E-state index contributed by atoms with van der Waals surface area (Å²) in [6, 6.07) is 16.6. The number of rotatable bonds is 5. The van der Waals surface area contributed by atoms with Crippen LogP contribution >= 0.6 is 0 Å². The molecule has 1 atom stereocenters. The molecule has 0 bridgehead atoms. The van der Waals surface area contributed by atoms with Crippen molar-refractivity contribution in [3.05, 3.63) is 70.8 Å². The lowest BCUT2D eigenvalue weighted by molar-refractivity contribution is -0.0619. The van der Waals surface area contributed by atoms with E-state index >= 15 is 0 Å². The lowest BCUT2D eigenvalue weighted by Crippen LogP contribution is -2.40. The molecule has 3 rings (SSSR count). The minimum atomic E-state index is -1.07. The summed E-state index contributed by atoms with van der Waals surface area (Å²) >= 11 is 0. The molecule has 2 aromatic rings. The molecule has 0 amide bonds. The van der Waals surface area contributed by atoms with Crippen molar-refractivity contribution < 1.29 is 9.84 Å². The van der Waals surface area contributed by atoms with Crippen molar-refractivity contribution in [2.75, 3.05) is 6.61 Å². The zero-order chi connectivity index (χ0) is 16.3. The Labute approximate surface area is 139 Å². The van der Waals surface area contributed by atoms with Gasteiger partial charge in [-0.2, -0.15) is 0 Å². The van der Waals surface area contributed by atoms with Crippen LogP contribution in [-0.2, 0) is 23.2 Å². The molecule has 1 N–H and O–H groups in total. The van der Waals surface area contributed by atoms with E-state index in [4.69, 9.17) is 4.74 Å². The lowest BCUT2D eigenvalue weighted by atomic mass is 9.80. The third-order valence-electron chi connectivity index (χ3n) is 5.00. The molecule has 0 radical (unpaired) electrons. The molecule has 1 saturated heterocycles. The Hall–Kier alpha value is -1.64. The van der Waals surface area contributed by atoms with Crippen LogP contribution < -0.4 is 0 Å². The molecule has 2 heteroatoms. The van der Waals surface area contributed by atoms with E-state index in [1.54, 1.807) is 0 Å². The summed E-state index contributed by atoms with van der Waals surface area (Å²) in [4.78, 5) is 0. The molecule has 1 unspecified atom stereocenters. The van der Waals surface area contributed by atoms with Gasteiger partial charge in [0, 0.05) is 6.61 Å². The van der Waals surface area contributed by atoms with Crippen molar-refractivity contribution in [3.63, 3.8) is 0 Å². The molecular weight excluding hydrogens is 284 g/mol. The second-order valence-electron chi connectivity index (χ2n) is 6.37. The van der Waals surface area contributed by atoms with Crippen LogP contribution in [0.3, 0.4) is 0 Å². The molecular formula is C21H26O2. The molecule has 2 nitrogen and oxygen atoms in total. The number of hydrogen-bond acceptors (Lipinski definition) is 2. The van der Waals surface area contributed by atoms with Gasteiger partial charge in [0.1, 0.15) is 5.60 Å². The summed E-state index contributed by atoms with van der Waals surface area (Å²) in [6.07, 6.45) is 3.73. The van der Waals surface area contributed by atoms with Crippen LogP contribution in [0.2, 0.25) is 0 Å². The Morgan fingerprint density at radius 1 is 0.913 bits per heavy atom. The Balaban J connectivity index is 2.04. The standard InChI is InChI=1S/C21H26O2/c1-3-16-7-11-18(12-8-16)21(22,20-6-5-15-23-20)19-13-9-17(4-2)10-14-19/h7-14,20,22H,3-6,15H2,1-2H3. The fourth-order valence-corrected chi connectivity index (χ4v) is 3.43. The zero-order valence-electron chi connectivity index (χ0n) is 14.1. The monoisotopic (exact) mass is 310 g/mol. The number of aliphatic hydroxyl groups is 1. The van der Waals surface area contributed by atoms with Gasteiger partial charge in [-0.1, -0.05) is 62.4 Å². The highest BCUT2D eigenvalue weighted by Crippen LogP contribution is 2.39. The van der Waals surface area contributed by atoms with E-state index < -0.39 is 5.60 Å². The first kappa shape index (κ1) is 16.2. The smallest absolute Gasteiger partial charge is 0.141 e. The average molecular weight is 310 g/mol. The second-order valence-corrected chi connectivity index (χ2v) is 6.37. The lowest BCUT2D eigenvalue weighted by Gasteiger charge is -2.34. The largest absolute Gasteiger partial charge is 0.378 e. The first-order valence-corrected chi connectivity index (χ1v) is 8.71. The zero-order valence-corrected chi connectivity index (χ0v) is 14.1. The van der Waals surface area contributed by atoms with Crippen LogP contribution in [0.25, 0.3) is 0 Å². The van der Waals surface area contributed by atoms with Gasteiger partial charge in [-0.3, -0.25) is 0 Å². The highest BCUT2D eigenvalue weighted by atomic mass is 16.5. The van der Waals surface area contributed by atoms with E-state index in [1.807, 2.05) is 24.3 Å². The van der Waals surface area contributed by atoms with Crippen molar-refractivity contribution >= 4 is 0 Å². The molecule has 1 fully saturated rings. The van der Waals surface area contributed by atoms with Gasteiger partial charge in [-0.15, -0.1) is 0 Å². The summed E-state index contributed by atoms with van der Waals surface area (Å²) < 4.78 is 5.89. The van der Waals surface area contributed by atoms with E-state index in [0.717, 1.165) is 43.4 Å². The molecule has 1 aliphatic rings. The van der Waals surface area contributed by atoms with Crippen LogP contribution in [0, 0.1) is 0 Å². The van der Waals surface area contributed by atoms with Crippen molar-refractivity contribution in [1.82, 2.24) is 0 Å². The second kappa shape index (κ2) is 6.86. The molecule has 0 aromatic heterocycles. The molecule has 23 heavy (non-hydrogen) atoms. The summed E-state index contributed by atoms with van der Waals surface area (Å²) in [5.41, 5.74) is 3.33. The van der Waals surface area contributed by atoms with E-state index in [2.05, 4.69) is 38.1 Å². The molecule has 0 aliphatic carbocycles. The van der Waals surface area contributed by atoms with E-state index in [9.17, 15) is 5.11 Å². The summed E-state index contributed by atoms with van der Waals surface area (Å²) in [6.45, 7) is 5.02. The highest BCUT2D eigenvalue weighted by molar-refractivity contribution is 5.40. The van der Waals surface area contributed by atoms with Crippen LogP contribution in [-0.4, -0.2) is 17.8 Å². The topological polar surface area (TPSA) is 29.5 Å². The Bertz CT molecular complexity index is 574. The van der Waals surface area contributed by atoms with Gasteiger partial charge in [0.05, 0.1) is 6.10 Å². The number of ether oxygens (including phenoxy) is 1. The van der Waals surface area contributed by atoms with Gasteiger partial charge < -0.3 is 9.84 Å². The first-order chi connectivity index (χ1) is 11.2. The van der Waals surface area contributed by atoms with Crippen molar-refractivity contribution in [3.8, 4) is 0 Å². The third-order valence-corrected chi connectivity index (χ3v) is 5.00. The average Bonchev–Trinajstić information content (AvgIpc) is 3.16. The molecule has 0 saturated carbocycles. The minimum Gasteiger partial charge on any atom is -0.378 e. The Kier molecular flexibility index (Phi) is 4.84. The van der Waals surface area contributed by atoms with Gasteiger partial charge in [-0.05, 0) is 47.9 Å². The number of benzene rings is 2. The minimum absolute atomic E-state index is 0.178. The van der Waals surface area contributed by atoms with E-state index in [1.165, 1.54) is 11.1 Å². The van der Waals surface area contributed by atoms with Crippen molar-refractivity contribution in [2.45, 2.75) is 51.2 Å². The SMILES string of the molecule is CCc1ccc(C(O)(c2ccc(CC)cc2)C2CCCO2)cc1. The van der Waals surface area contributed by atoms with Crippen molar-refractivity contribution in [1.29, 1.82) is 0 Å². The fraction of sp³-hybridized carbons (Fsp3) is 0.429. The molecule has 1 heterocycles. The molecule has 0 spiro atoms. The molecule has 122 valence electrons. The normalized spacial score (nSPS) is 18.3. The van der Waals surface area contributed by atoms with E-state index in [0.29, 0.717) is 0 Å². The van der Waals surface area contributed by atoms with E-state index in [-0.39, 0.29) is 6.10 Å². The quantitative estimate of drug-likeness (QED) is 0.895. The highest BCUT2D eigenvalue weighted by Gasteiger charge is 2.42. The Morgan fingerprint density at radius 2 is 1.39 bits per heavy atom. The molecule has 2 aromatic carbocycles. The number of aryl methyl sites for hydroxylation is 2. The van der Waals surface area contributed by atoms with Crippen LogP contribution in [0.15, 0.2) is 48.5 Å². The van der Waals surface area contributed by atoms with Gasteiger partial charge in [-0.25, -0.2) is 0 Å². The van der Waals surface area contributed by atoms with Gasteiger partial charge in [0.2, 0.25) is 0 Å². The third kappa shape index (κ3) is 3.06. The molecule has 1 aliphatic heterocycles. The Morgan fingerprint density at radius 3 is 1.74 bits per heavy atom. The summed E-state index contributed by atoms with van der Waals surface area (Å²) in [5.74, 6) is 0. The van der Waals surface area contributed by atoms with Crippen LogP contribution in [0.5, 0.6) is 0 Å². The predicted molar refractivity (Wildman–Crippen MR) is 93.6 cm³/mol. The first-order valence-electron chi connectivity index (χ1n) is 8.71. The number of hydrogen-bond donors (Lipinski definition) is 1. The van der Waals surface area contributed by atoms with Crippen molar-refractivity contribution in [2.24, 2.45) is 0 Å². The maximum absolute atomic E-state index is 11.7. The van der Waals surface area contributed by atoms with Gasteiger partial charge in [0.25, 0.3) is 0 Å². The van der Waals surface area contributed by atoms with Gasteiger partial charge >= 0.3 is 0 Å². The summed E-state index contributed by atoms with van der Waals surface area (Å²) in [5, 5.41) is 11.7. The van der Waals surface area contributed by atoms with Crippen LogP contribution in [0.4, 0.5) is 0 Å². The summed E-state index contributed by atoms with van der Waals surface area (Å²) in [7, 11) is 0. The van der Waals surface area contributed by atoms with Crippen LogP contribution in [0.1, 0.15) is 48.9 Å². The maximum atomic E-state index is 11.7. The predicted octanol–water partition coefficient (Wildman–Crippen LogP) is 4.23. The fourth-order valence-electron chi connectivity index (χ4n) is 3.43.